The van der Waals surface area contributed by atoms with Gasteiger partial charge in [0.2, 0.25) is 21.7 Å². The molecule has 1 heterocycles. The number of rotatable bonds is 5. The molecule has 2 aromatic carbocycles. The number of hydrogen-bond donors (Lipinski definition) is 1. The van der Waals surface area contributed by atoms with E-state index in [4.69, 9.17) is 4.52 Å². The summed E-state index contributed by atoms with van der Waals surface area (Å²) in [6, 6.07) is 11.6. The molecule has 0 radical (unpaired) electrons. The van der Waals surface area contributed by atoms with E-state index in [1.54, 1.807) is 6.92 Å². The van der Waals surface area contributed by atoms with Crippen LogP contribution in [0.4, 0.5) is 4.39 Å². The molecule has 0 saturated carbocycles. The first-order valence-electron chi connectivity index (χ1n) is 8.79. The number of halogens is 1. The van der Waals surface area contributed by atoms with E-state index in [9.17, 15) is 12.8 Å². The summed E-state index contributed by atoms with van der Waals surface area (Å²) in [6.07, 6.45) is 0. The predicted molar refractivity (Wildman–Crippen MR) is 104 cm³/mol. The summed E-state index contributed by atoms with van der Waals surface area (Å²) >= 11 is 0. The summed E-state index contributed by atoms with van der Waals surface area (Å²) in [6.45, 7) is 7.98. The van der Waals surface area contributed by atoms with E-state index in [1.165, 1.54) is 17.7 Å². The van der Waals surface area contributed by atoms with Crippen LogP contribution in [0.3, 0.4) is 0 Å². The van der Waals surface area contributed by atoms with Gasteiger partial charge < -0.3 is 4.52 Å². The van der Waals surface area contributed by atoms with Gasteiger partial charge in [0.1, 0.15) is 5.82 Å². The third-order valence-electron chi connectivity index (χ3n) is 4.28. The standard InChI is InChI=1S/C20H22FN3O3S/c1-13(24-28(25,26)17-11-9-16(21)10-12-17)19-22-18(23-27-19)14-5-7-15(8-6-14)20(2,3)4/h5-13,24H,1-4H3/t13-/m1/s1. The van der Waals surface area contributed by atoms with E-state index in [1.807, 2.05) is 24.3 Å². The van der Waals surface area contributed by atoms with E-state index in [-0.39, 0.29) is 16.2 Å². The minimum atomic E-state index is -3.85. The van der Waals surface area contributed by atoms with Crippen molar-refractivity contribution >= 4 is 10.0 Å². The monoisotopic (exact) mass is 403 g/mol. The van der Waals surface area contributed by atoms with Crippen molar-refractivity contribution in [1.29, 1.82) is 0 Å². The SMILES string of the molecule is C[C@@H](NS(=O)(=O)c1ccc(F)cc1)c1nc(-c2ccc(C(C)(C)C)cc2)no1. The molecule has 0 bridgehead atoms. The van der Waals surface area contributed by atoms with Crippen molar-refractivity contribution in [3.8, 4) is 11.4 Å². The number of aromatic nitrogens is 2. The maximum atomic E-state index is 13.0. The van der Waals surface area contributed by atoms with Crippen molar-refractivity contribution in [2.24, 2.45) is 0 Å². The molecule has 3 aromatic rings. The number of nitrogens with one attached hydrogen (secondary N) is 1. The molecule has 0 fully saturated rings. The molecule has 0 saturated heterocycles. The minimum absolute atomic E-state index is 0.0358. The number of nitrogens with zero attached hydrogens (tertiary/aromatic N) is 2. The van der Waals surface area contributed by atoms with Crippen molar-refractivity contribution in [2.45, 2.75) is 44.0 Å². The maximum absolute atomic E-state index is 13.0. The molecule has 1 atom stereocenters. The van der Waals surface area contributed by atoms with Crippen LogP contribution < -0.4 is 4.72 Å². The summed E-state index contributed by atoms with van der Waals surface area (Å²) in [5.41, 5.74) is 1.99. The zero-order chi connectivity index (χ0) is 20.5. The molecule has 3 rings (SSSR count). The fraction of sp³-hybridized carbons (Fsp3) is 0.300. The van der Waals surface area contributed by atoms with Crippen LogP contribution in [0, 0.1) is 5.82 Å². The number of sulfonamides is 1. The Kier molecular flexibility index (Phi) is 5.36. The van der Waals surface area contributed by atoms with Gasteiger partial charge in [0.25, 0.3) is 0 Å². The zero-order valence-electron chi connectivity index (χ0n) is 16.1. The van der Waals surface area contributed by atoms with Crippen molar-refractivity contribution in [3.05, 3.63) is 65.8 Å². The lowest BCUT2D eigenvalue weighted by Gasteiger charge is -2.18. The van der Waals surface area contributed by atoms with Crippen LogP contribution in [0.25, 0.3) is 11.4 Å². The molecule has 1 aromatic heterocycles. The molecule has 28 heavy (non-hydrogen) atoms. The van der Waals surface area contributed by atoms with Gasteiger partial charge in [0.15, 0.2) is 0 Å². The summed E-state index contributed by atoms with van der Waals surface area (Å²) < 4.78 is 45.5. The van der Waals surface area contributed by atoms with Gasteiger partial charge in [-0.05, 0) is 42.2 Å². The Balaban J connectivity index is 1.77. The molecule has 1 N–H and O–H groups in total. The Morgan fingerprint density at radius 3 is 2.21 bits per heavy atom. The highest BCUT2D eigenvalue weighted by Crippen LogP contribution is 2.26. The quantitative estimate of drug-likeness (QED) is 0.690. The second kappa shape index (κ2) is 7.44. The van der Waals surface area contributed by atoms with Crippen molar-refractivity contribution in [3.63, 3.8) is 0 Å². The third-order valence-corrected chi connectivity index (χ3v) is 5.83. The molecule has 6 nitrogen and oxygen atoms in total. The molecular weight excluding hydrogens is 381 g/mol. The van der Waals surface area contributed by atoms with Gasteiger partial charge in [-0.2, -0.15) is 9.71 Å². The fourth-order valence-electron chi connectivity index (χ4n) is 2.61. The molecule has 0 amide bonds. The first-order chi connectivity index (χ1) is 13.1. The van der Waals surface area contributed by atoms with E-state index in [0.29, 0.717) is 5.82 Å². The lowest BCUT2D eigenvalue weighted by atomic mass is 9.87. The molecule has 148 valence electrons. The predicted octanol–water partition coefficient (Wildman–Crippen LogP) is 4.21. The Bertz CT molecular complexity index is 1050. The first-order valence-corrected chi connectivity index (χ1v) is 10.3. The van der Waals surface area contributed by atoms with E-state index >= 15 is 0 Å². The second-order valence-electron chi connectivity index (χ2n) is 7.58. The van der Waals surface area contributed by atoms with Crippen LogP contribution in [0.2, 0.25) is 0 Å². The Morgan fingerprint density at radius 2 is 1.64 bits per heavy atom. The average Bonchev–Trinajstić information content (AvgIpc) is 3.11. The Labute approximate surface area is 163 Å². The van der Waals surface area contributed by atoms with E-state index in [2.05, 4.69) is 35.6 Å². The molecule has 0 spiro atoms. The summed E-state index contributed by atoms with van der Waals surface area (Å²) in [4.78, 5) is 4.26. The second-order valence-corrected chi connectivity index (χ2v) is 9.29. The van der Waals surface area contributed by atoms with Crippen molar-refractivity contribution in [2.75, 3.05) is 0 Å². The van der Waals surface area contributed by atoms with Crippen LogP contribution >= 0.6 is 0 Å². The van der Waals surface area contributed by atoms with E-state index in [0.717, 1.165) is 17.7 Å². The van der Waals surface area contributed by atoms with Gasteiger partial charge in [-0.1, -0.05) is 50.2 Å². The van der Waals surface area contributed by atoms with Crippen LogP contribution in [0.1, 0.15) is 45.2 Å². The Hall–Kier alpha value is -2.58. The van der Waals surface area contributed by atoms with Gasteiger partial charge in [0.05, 0.1) is 10.9 Å². The molecule has 8 heteroatoms. The Morgan fingerprint density at radius 1 is 1.04 bits per heavy atom. The maximum Gasteiger partial charge on any atom is 0.244 e. The highest BCUT2D eigenvalue weighted by Gasteiger charge is 2.23. The minimum Gasteiger partial charge on any atom is -0.337 e. The summed E-state index contributed by atoms with van der Waals surface area (Å²) in [5, 5.41) is 3.94. The highest BCUT2D eigenvalue weighted by molar-refractivity contribution is 7.89. The first kappa shape index (κ1) is 20.2. The lowest BCUT2D eigenvalue weighted by Crippen LogP contribution is -2.27. The topological polar surface area (TPSA) is 85.1 Å². The number of benzene rings is 2. The zero-order valence-corrected chi connectivity index (χ0v) is 16.9. The van der Waals surface area contributed by atoms with Crippen LogP contribution in [0.5, 0.6) is 0 Å². The van der Waals surface area contributed by atoms with Gasteiger partial charge in [-0.15, -0.1) is 0 Å². The third kappa shape index (κ3) is 4.45. The van der Waals surface area contributed by atoms with Crippen molar-refractivity contribution < 1.29 is 17.3 Å². The van der Waals surface area contributed by atoms with Gasteiger partial charge in [0, 0.05) is 5.56 Å². The van der Waals surface area contributed by atoms with Crippen LogP contribution in [-0.4, -0.2) is 18.6 Å². The molecular formula is C20H22FN3O3S. The van der Waals surface area contributed by atoms with Crippen molar-refractivity contribution in [1.82, 2.24) is 14.9 Å². The molecule has 0 unspecified atom stereocenters. The average molecular weight is 403 g/mol. The molecule has 0 aliphatic carbocycles. The molecule has 0 aliphatic heterocycles. The highest BCUT2D eigenvalue weighted by atomic mass is 32.2. The van der Waals surface area contributed by atoms with Crippen LogP contribution in [-0.2, 0) is 15.4 Å². The summed E-state index contributed by atoms with van der Waals surface area (Å²) in [7, 11) is -3.85. The fourth-order valence-corrected chi connectivity index (χ4v) is 3.81. The summed E-state index contributed by atoms with van der Waals surface area (Å²) in [5.74, 6) is 0.00916. The van der Waals surface area contributed by atoms with Gasteiger partial charge in [-0.25, -0.2) is 12.8 Å². The lowest BCUT2D eigenvalue weighted by molar-refractivity contribution is 0.354. The van der Waals surface area contributed by atoms with Gasteiger partial charge >= 0.3 is 0 Å². The smallest absolute Gasteiger partial charge is 0.244 e. The van der Waals surface area contributed by atoms with E-state index < -0.39 is 21.9 Å². The largest absolute Gasteiger partial charge is 0.337 e. The normalized spacial score (nSPS) is 13.5. The van der Waals surface area contributed by atoms with Crippen LogP contribution in [0.15, 0.2) is 57.9 Å². The number of hydrogen-bond acceptors (Lipinski definition) is 5. The molecule has 0 aliphatic rings. The van der Waals surface area contributed by atoms with Gasteiger partial charge in [-0.3, -0.25) is 0 Å².